The van der Waals surface area contributed by atoms with Gasteiger partial charge in [0.25, 0.3) is 0 Å². The Morgan fingerprint density at radius 1 is 1.33 bits per heavy atom. The minimum absolute atomic E-state index is 0.236. The molecule has 1 aliphatic heterocycles. The van der Waals surface area contributed by atoms with E-state index in [2.05, 4.69) is 43.6 Å². The first-order valence-corrected chi connectivity index (χ1v) is 8.36. The average Bonchev–Trinajstić information content (AvgIpc) is 2.47. The lowest BCUT2D eigenvalue weighted by Gasteiger charge is -2.39. The summed E-state index contributed by atoms with van der Waals surface area (Å²) in [6.45, 7) is 11.5. The summed E-state index contributed by atoms with van der Waals surface area (Å²) in [6, 6.07) is 4.46. The summed E-state index contributed by atoms with van der Waals surface area (Å²) in [5.74, 6) is 1.98. The Morgan fingerprint density at radius 2 is 2.00 bits per heavy atom. The molecule has 1 saturated heterocycles. The molecule has 1 atom stereocenters. The molecule has 1 unspecified atom stereocenters. The highest BCUT2D eigenvalue weighted by Gasteiger charge is 2.29. The van der Waals surface area contributed by atoms with Gasteiger partial charge in [0.15, 0.2) is 0 Å². The molecule has 0 aromatic carbocycles. The normalized spacial score (nSPS) is 18.8. The Morgan fingerprint density at radius 3 is 2.57 bits per heavy atom. The third-order valence-corrected chi connectivity index (χ3v) is 4.89. The van der Waals surface area contributed by atoms with Gasteiger partial charge in [0.05, 0.1) is 0 Å². The van der Waals surface area contributed by atoms with E-state index in [0.717, 1.165) is 37.7 Å². The highest BCUT2D eigenvalue weighted by Crippen LogP contribution is 2.35. The van der Waals surface area contributed by atoms with Gasteiger partial charge >= 0.3 is 0 Å². The minimum atomic E-state index is 0.236. The SMILES string of the molecule is CCC(N)Cc1cccnc1N1CCC(C(C)(C)C)CC1. The second-order valence-electron chi connectivity index (χ2n) is 7.49. The Hall–Kier alpha value is -1.09. The number of nitrogens with zero attached hydrogens (tertiary/aromatic N) is 2. The smallest absolute Gasteiger partial charge is 0.131 e. The van der Waals surface area contributed by atoms with Crippen LogP contribution in [-0.4, -0.2) is 24.1 Å². The van der Waals surface area contributed by atoms with Crippen LogP contribution in [0.1, 0.15) is 52.5 Å². The third kappa shape index (κ3) is 4.19. The maximum atomic E-state index is 6.14. The van der Waals surface area contributed by atoms with Crippen LogP contribution >= 0.6 is 0 Å². The van der Waals surface area contributed by atoms with Gasteiger partial charge in [-0.1, -0.05) is 33.8 Å². The molecule has 2 rings (SSSR count). The van der Waals surface area contributed by atoms with Crippen LogP contribution in [-0.2, 0) is 6.42 Å². The fourth-order valence-electron chi connectivity index (χ4n) is 3.26. The topological polar surface area (TPSA) is 42.1 Å². The van der Waals surface area contributed by atoms with Crippen molar-refractivity contribution < 1.29 is 0 Å². The van der Waals surface area contributed by atoms with Gasteiger partial charge in [-0.05, 0) is 48.6 Å². The predicted molar refractivity (Wildman–Crippen MR) is 90.6 cm³/mol. The standard InChI is InChI=1S/C18H31N3/c1-5-16(19)13-14-7-6-10-20-17(14)21-11-8-15(9-12-21)18(2,3)4/h6-7,10,15-16H,5,8-9,11-13,19H2,1-4H3. The van der Waals surface area contributed by atoms with Crippen molar-refractivity contribution in [3.8, 4) is 0 Å². The highest BCUT2D eigenvalue weighted by molar-refractivity contribution is 5.47. The molecule has 0 bridgehead atoms. The van der Waals surface area contributed by atoms with Gasteiger partial charge in [0.1, 0.15) is 5.82 Å². The number of pyridine rings is 1. The Balaban J connectivity index is 2.06. The van der Waals surface area contributed by atoms with Gasteiger partial charge in [-0.25, -0.2) is 4.98 Å². The predicted octanol–water partition coefficient (Wildman–Crippen LogP) is 3.62. The van der Waals surface area contributed by atoms with Crippen molar-refractivity contribution in [1.29, 1.82) is 0 Å². The summed E-state index contributed by atoms with van der Waals surface area (Å²) >= 11 is 0. The lowest BCUT2D eigenvalue weighted by molar-refractivity contribution is 0.198. The molecule has 1 fully saturated rings. The molecule has 0 aliphatic carbocycles. The first-order valence-electron chi connectivity index (χ1n) is 8.36. The largest absolute Gasteiger partial charge is 0.356 e. The van der Waals surface area contributed by atoms with E-state index in [1.54, 1.807) is 0 Å². The van der Waals surface area contributed by atoms with E-state index in [1.807, 2.05) is 12.3 Å². The van der Waals surface area contributed by atoms with Crippen molar-refractivity contribution in [3.05, 3.63) is 23.9 Å². The van der Waals surface area contributed by atoms with E-state index < -0.39 is 0 Å². The van der Waals surface area contributed by atoms with Crippen molar-refractivity contribution in [3.63, 3.8) is 0 Å². The number of nitrogens with two attached hydrogens (primary N) is 1. The fraction of sp³-hybridized carbons (Fsp3) is 0.722. The number of hydrogen-bond acceptors (Lipinski definition) is 3. The molecule has 21 heavy (non-hydrogen) atoms. The number of aromatic nitrogens is 1. The Bertz CT molecular complexity index is 442. The Labute approximate surface area is 129 Å². The average molecular weight is 289 g/mol. The minimum Gasteiger partial charge on any atom is -0.356 e. The fourth-order valence-corrected chi connectivity index (χ4v) is 3.26. The second kappa shape index (κ2) is 6.78. The molecule has 2 heterocycles. The van der Waals surface area contributed by atoms with E-state index in [0.29, 0.717) is 5.41 Å². The van der Waals surface area contributed by atoms with E-state index in [4.69, 9.17) is 5.73 Å². The molecular weight excluding hydrogens is 258 g/mol. The summed E-state index contributed by atoms with van der Waals surface area (Å²) < 4.78 is 0. The van der Waals surface area contributed by atoms with Crippen LogP contribution in [0.5, 0.6) is 0 Å². The van der Waals surface area contributed by atoms with E-state index >= 15 is 0 Å². The van der Waals surface area contributed by atoms with Gasteiger partial charge in [0.2, 0.25) is 0 Å². The quantitative estimate of drug-likeness (QED) is 0.920. The first-order chi connectivity index (χ1) is 9.91. The molecule has 3 nitrogen and oxygen atoms in total. The zero-order chi connectivity index (χ0) is 15.5. The molecule has 0 amide bonds. The van der Waals surface area contributed by atoms with Gasteiger partial charge in [0, 0.05) is 25.3 Å². The van der Waals surface area contributed by atoms with E-state index in [-0.39, 0.29) is 6.04 Å². The summed E-state index contributed by atoms with van der Waals surface area (Å²) in [5.41, 5.74) is 7.86. The Kier molecular flexibility index (Phi) is 5.26. The molecule has 0 saturated carbocycles. The van der Waals surface area contributed by atoms with Crippen LogP contribution in [0.4, 0.5) is 5.82 Å². The van der Waals surface area contributed by atoms with Gasteiger partial charge in [-0.15, -0.1) is 0 Å². The molecule has 2 N–H and O–H groups in total. The van der Waals surface area contributed by atoms with Crippen LogP contribution in [0.15, 0.2) is 18.3 Å². The molecule has 118 valence electrons. The summed E-state index contributed by atoms with van der Waals surface area (Å²) in [7, 11) is 0. The van der Waals surface area contributed by atoms with Crippen LogP contribution in [0, 0.1) is 11.3 Å². The van der Waals surface area contributed by atoms with Gasteiger partial charge in [-0.2, -0.15) is 0 Å². The number of piperidine rings is 1. The molecule has 0 spiro atoms. The van der Waals surface area contributed by atoms with Crippen LogP contribution in [0.25, 0.3) is 0 Å². The lowest BCUT2D eigenvalue weighted by Crippen LogP contribution is -2.39. The summed E-state index contributed by atoms with van der Waals surface area (Å²) in [5, 5.41) is 0. The van der Waals surface area contributed by atoms with Gasteiger partial charge < -0.3 is 10.6 Å². The van der Waals surface area contributed by atoms with Crippen LogP contribution in [0.2, 0.25) is 0 Å². The first kappa shape index (κ1) is 16.3. The molecule has 1 aromatic rings. The number of rotatable bonds is 4. The van der Waals surface area contributed by atoms with Crippen molar-refractivity contribution in [2.24, 2.45) is 17.1 Å². The maximum Gasteiger partial charge on any atom is 0.131 e. The van der Waals surface area contributed by atoms with E-state index in [1.165, 1.54) is 18.4 Å². The monoisotopic (exact) mass is 289 g/mol. The zero-order valence-electron chi connectivity index (χ0n) is 14.1. The zero-order valence-corrected chi connectivity index (χ0v) is 14.1. The van der Waals surface area contributed by atoms with E-state index in [9.17, 15) is 0 Å². The van der Waals surface area contributed by atoms with Crippen LogP contribution in [0.3, 0.4) is 0 Å². The highest BCUT2D eigenvalue weighted by atomic mass is 15.2. The molecular formula is C18H31N3. The van der Waals surface area contributed by atoms with Crippen LogP contribution < -0.4 is 10.6 Å². The number of anilines is 1. The van der Waals surface area contributed by atoms with Crippen molar-refractivity contribution in [1.82, 2.24) is 4.98 Å². The maximum absolute atomic E-state index is 6.14. The lowest BCUT2D eigenvalue weighted by atomic mass is 9.75. The summed E-state index contributed by atoms with van der Waals surface area (Å²) in [4.78, 5) is 7.11. The second-order valence-corrected chi connectivity index (χ2v) is 7.49. The summed E-state index contributed by atoms with van der Waals surface area (Å²) in [6.07, 6.45) is 6.38. The molecule has 0 radical (unpaired) electrons. The van der Waals surface area contributed by atoms with Crippen molar-refractivity contribution >= 4 is 5.82 Å². The molecule has 1 aliphatic rings. The van der Waals surface area contributed by atoms with Crippen molar-refractivity contribution in [2.75, 3.05) is 18.0 Å². The third-order valence-electron chi connectivity index (χ3n) is 4.89. The molecule has 3 heteroatoms. The number of hydrogen-bond donors (Lipinski definition) is 1. The molecule has 1 aromatic heterocycles. The van der Waals surface area contributed by atoms with Crippen molar-refractivity contribution in [2.45, 2.75) is 59.4 Å². The van der Waals surface area contributed by atoms with Gasteiger partial charge in [-0.3, -0.25) is 0 Å².